The van der Waals surface area contributed by atoms with Gasteiger partial charge < -0.3 is 10.2 Å². The SMILES string of the molecule is O=C(Nc1cccc(/C=C/C2=NOC(c3cc(Cl)cc(Cl)c3)(C(F)(F)F)C2)c1)C(F)(F)F. The van der Waals surface area contributed by atoms with Gasteiger partial charge in [-0.2, -0.15) is 26.3 Å². The maximum Gasteiger partial charge on any atom is 0.471 e. The van der Waals surface area contributed by atoms with Crippen molar-refractivity contribution in [3.63, 3.8) is 0 Å². The van der Waals surface area contributed by atoms with Gasteiger partial charge in [-0.25, -0.2) is 0 Å². The van der Waals surface area contributed by atoms with E-state index in [9.17, 15) is 31.1 Å². The highest BCUT2D eigenvalue weighted by Crippen LogP contribution is 2.49. The zero-order valence-electron chi connectivity index (χ0n) is 15.7. The zero-order chi connectivity index (χ0) is 23.7. The lowest BCUT2D eigenvalue weighted by atomic mass is 9.88. The van der Waals surface area contributed by atoms with Gasteiger partial charge in [-0.05, 0) is 42.0 Å². The average Bonchev–Trinajstić information content (AvgIpc) is 3.11. The van der Waals surface area contributed by atoms with Crippen LogP contribution in [0.1, 0.15) is 17.5 Å². The highest BCUT2D eigenvalue weighted by Gasteiger charge is 2.62. The first-order valence-corrected chi connectivity index (χ1v) is 9.50. The summed E-state index contributed by atoms with van der Waals surface area (Å²) in [5.41, 5.74) is -3.04. The smallest absolute Gasteiger partial charge is 0.374 e. The number of hydrogen-bond donors (Lipinski definition) is 1. The number of benzene rings is 2. The molecule has 0 aromatic heterocycles. The molecule has 1 heterocycles. The molecule has 0 bridgehead atoms. The number of halogens is 8. The molecule has 1 aliphatic heterocycles. The predicted molar refractivity (Wildman–Crippen MR) is 107 cm³/mol. The first-order chi connectivity index (χ1) is 14.8. The molecule has 3 rings (SSSR count). The van der Waals surface area contributed by atoms with Crippen molar-refractivity contribution < 1.29 is 36.0 Å². The first kappa shape index (κ1) is 23.9. The summed E-state index contributed by atoms with van der Waals surface area (Å²) >= 11 is 11.7. The standard InChI is InChI=1S/C20H12Cl2F6N2O2/c21-13-7-12(8-14(22)9-13)18(20(26,27)28)10-16(30-32-18)5-4-11-2-1-3-15(6-11)29-17(31)19(23,24)25/h1-9H,10H2,(H,29,31)/b5-4+. The topological polar surface area (TPSA) is 50.7 Å². The summed E-state index contributed by atoms with van der Waals surface area (Å²) in [6.45, 7) is 0. The predicted octanol–water partition coefficient (Wildman–Crippen LogP) is 6.74. The van der Waals surface area contributed by atoms with Gasteiger partial charge >= 0.3 is 18.3 Å². The Kier molecular flexibility index (Phi) is 6.48. The second kappa shape index (κ2) is 8.67. The Labute approximate surface area is 187 Å². The summed E-state index contributed by atoms with van der Waals surface area (Å²) in [6.07, 6.45) is -8.06. The highest BCUT2D eigenvalue weighted by atomic mass is 35.5. The Hall–Kier alpha value is -2.72. The fourth-order valence-corrected chi connectivity index (χ4v) is 3.44. The van der Waals surface area contributed by atoms with Crippen molar-refractivity contribution in [3.05, 3.63) is 69.7 Å². The minimum absolute atomic E-state index is 0.0126. The van der Waals surface area contributed by atoms with Crippen molar-refractivity contribution >= 4 is 46.6 Å². The number of nitrogens with one attached hydrogen (secondary N) is 1. The van der Waals surface area contributed by atoms with Crippen molar-refractivity contribution in [1.82, 2.24) is 0 Å². The third-order valence-corrected chi connectivity index (χ3v) is 4.84. The molecule has 0 fully saturated rings. The Balaban J connectivity index is 1.81. The highest BCUT2D eigenvalue weighted by molar-refractivity contribution is 6.34. The van der Waals surface area contributed by atoms with Crippen molar-refractivity contribution in [3.8, 4) is 0 Å². The number of carbonyl (C=O) groups is 1. The van der Waals surface area contributed by atoms with Gasteiger partial charge in [-0.15, -0.1) is 0 Å². The third-order valence-electron chi connectivity index (χ3n) is 4.41. The van der Waals surface area contributed by atoms with Gasteiger partial charge in [0.1, 0.15) is 0 Å². The van der Waals surface area contributed by atoms with Gasteiger partial charge in [0.25, 0.3) is 5.60 Å². The second-order valence-electron chi connectivity index (χ2n) is 6.74. The quantitative estimate of drug-likeness (QED) is 0.476. The molecular formula is C20H12Cl2F6N2O2. The Morgan fingerprint density at radius 2 is 1.69 bits per heavy atom. The lowest BCUT2D eigenvalue weighted by molar-refractivity contribution is -0.275. The van der Waals surface area contributed by atoms with Crippen molar-refractivity contribution in [2.75, 3.05) is 5.32 Å². The maximum atomic E-state index is 13.9. The van der Waals surface area contributed by atoms with E-state index in [1.54, 1.807) is 5.32 Å². The number of anilines is 1. The molecule has 0 spiro atoms. The minimum atomic E-state index is -5.06. The van der Waals surface area contributed by atoms with Crippen LogP contribution in [0.2, 0.25) is 10.0 Å². The van der Waals surface area contributed by atoms with E-state index in [0.717, 1.165) is 12.1 Å². The summed E-state index contributed by atoms with van der Waals surface area (Å²) in [5, 5.41) is 5.18. The van der Waals surface area contributed by atoms with Gasteiger partial charge in [-0.1, -0.05) is 46.6 Å². The largest absolute Gasteiger partial charge is 0.471 e. The molecule has 1 unspecified atom stereocenters. The molecule has 0 saturated heterocycles. The van der Waals surface area contributed by atoms with E-state index < -0.39 is 30.3 Å². The van der Waals surface area contributed by atoms with Crippen LogP contribution in [-0.4, -0.2) is 24.0 Å². The van der Waals surface area contributed by atoms with Crippen LogP contribution in [0.15, 0.2) is 53.7 Å². The van der Waals surface area contributed by atoms with E-state index in [1.165, 1.54) is 42.5 Å². The van der Waals surface area contributed by atoms with Crippen molar-refractivity contribution in [2.45, 2.75) is 24.4 Å². The molecule has 1 atom stereocenters. The van der Waals surface area contributed by atoms with Crippen LogP contribution in [0.4, 0.5) is 32.0 Å². The molecule has 1 N–H and O–H groups in total. The molecule has 0 saturated carbocycles. The minimum Gasteiger partial charge on any atom is -0.374 e. The van der Waals surface area contributed by atoms with E-state index in [-0.39, 0.29) is 27.0 Å². The number of alkyl halides is 6. The van der Waals surface area contributed by atoms with E-state index in [2.05, 4.69) is 5.16 Å². The van der Waals surface area contributed by atoms with Gasteiger partial charge in [0.15, 0.2) is 0 Å². The third kappa shape index (κ3) is 5.18. The van der Waals surface area contributed by atoms with Crippen LogP contribution in [-0.2, 0) is 15.2 Å². The molecule has 170 valence electrons. The Morgan fingerprint density at radius 1 is 1.03 bits per heavy atom. The molecule has 12 heteroatoms. The van der Waals surface area contributed by atoms with Gasteiger partial charge in [0, 0.05) is 27.7 Å². The van der Waals surface area contributed by atoms with Gasteiger partial charge in [0.05, 0.1) is 5.71 Å². The monoisotopic (exact) mass is 496 g/mol. The molecule has 0 radical (unpaired) electrons. The molecule has 2 aromatic carbocycles. The van der Waals surface area contributed by atoms with Crippen molar-refractivity contribution in [2.24, 2.45) is 5.16 Å². The maximum absolute atomic E-state index is 13.9. The summed E-state index contributed by atoms with van der Waals surface area (Å²) in [7, 11) is 0. The Bertz CT molecular complexity index is 1080. The van der Waals surface area contributed by atoms with Crippen LogP contribution in [0.5, 0.6) is 0 Å². The van der Waals surface area contributed by atoms with E-state index in [0.29, 0.717) is 5.56 Å². The summed E-state index contributed by atoms with van der Waals surface area (Å²) < 4.78 is 78.9. The first-order valence-electron chi connectivity index (χ1n) is 8.75. The average molecular weight is 497 g/mol. The number of hydrogen-bond acceptors (Lipinski definition) is 3. The number of rotatable bonds is 4. The molecule has 1 amide bonds. The lowest BCUT2D eigenvalue weighted by Gasteiger charge is -2.29. The summed E-state index contributed by atoms with van der Waals surface area (Å²) in [5.74, 6) is -2.15. The molecule has 0 aliphatic carbocycles. The number of amides is 1. The zero-order valence-corrected chi connectivity index (χ0v) is 17.2. The van der Waals surface area contributed by atoms with Gasteiger partial charge in [-0.3, -0.25) is 4.79 Å². The molecular weight excluding hydrogens is 485 g/mol. The normalized spacial score (nSPS) is 19.1. The number of oxime groups is 1. The van der Waals surface area contributed by atoms with Crippen LogP contribution < -0.4 is 5.32 Å². The van der Waals surface area contributed by atoms with E-state index in [1.807, 2.05) is 0 Å². The fraction of sp³-hybridized carbons (Fsp3) is 0.200. The Morgan fingerprint density at radius 3 is 2.28 bits per heavy atom. The molecule has 4 nitrogen and oxygen atoms in total. The van der Waals surface area contributed by atoms with E-state index in [4.69, 9.17) is 28.0 Å². The second-order valence-corrected chi connectivity index (χ2v) is 7.62. The van der Waals surface area contributed by atoms with Crippen molar-refractivity contribution in [1.29, 1.82) is 0 Å². The van der Waals surface area contributed by atoms with Crippen LogP contribution in [0.25, 0.3) is 6.08 Å². The van der Waals surface area contributed by atoms with Crippen LogP contribution in [0, 0.1) is 0 Å². The van der Waals surface area contributed by atoms with Crippen LogP contribution in [0.3, 0.4) is 0 Å². The number of allylic oxidation sites excluding steroid dienone is 1. The van der Waals surface area contributed by atoms with Gasteiger partial charge in [0.2, 0.25) is 0 Å². The fourth-order valence-electron chi connectivity index (χ4n) is 2.92. The molecule has 2 aromatic rings. The number of carbonyl (C=O) groups excluding carboxylic acids is 1. The molecule has 1 aliphatic rings. The van der Waals surface area contributed by atoms with Crippen LogP contribution >= 0.6 is 23.2 Å². The van der Waals surface area contributed by atoms with E-state index >= 15 is 0 Å². The summed E-state index contributed by atoms with van der Waals surface area (Å²) in [6, 6.07) is 8.72. The lowest BCUT2D eigenvalue weighted by Crippen LogP contribution is -2.42. The summed E-state index contributed by atoms with van der Waals surface area (Å²) in [4.78, 5) is 15.9. The number of nitrogens with zero attached hydrogens (tertiary/aromatic N) is 1. The molecule has 32 heavy (non-hydrogen) atoms.